The van der Waals surface area contributed by atoms with Crippen LogP contribution in [0.1, 0.15) is 0 Å². The Morgan fingerprint density at radius 1 is 1.19 bits per heavy atom. The topological polar surface area (TPSA) is 69.2 Å². The molecule has 4 nitrogen and oxygen atoms in total. The number of nitrogen functional groups attached to an aromatic ring is 1. The van der Waals surface area contributed by atoms with E-state index in [9.17, 15) is 10.1 Å². The van der Waals surface area contributed by atoms with Gasteiger partial charge in [-0.3, -0.25) is 10.1 Å². The number of nitrogens with zero attached hydrogens (tertiary/aromatic N) is 1. The second-order valence-corrected chi connectivity index (χ2v) is 3.34. The van der Waals surface area contributed by atoms with Crippen molar-refractivity contribution >= 4 is 11.4 Å². The molecular formula is C12H9N2O2. The molecule has 0 unspecified atom stereocenters. The van der Waals surface area contributed by atoms with Gasteiger partial charge in [-0.1, -0.05) is 6.07 Å². The highest BCUT2D eigenvalue weighted by atomic mass is 16.6. The summed E-state index contributed by atoms with van der Waals surface area (Å²) in [6.45, 7) is 0. The maximum absolute atomic E-state index is 10.5. The van der Waals surface area contributed by atoms with Gasteiger partial charge in [-0.2, -0.15) is 0 Å². The predicted molar refractivity (Wildman–Crippen MR) is 61.8 cm³/mol. The number of nitrogens with two attached hydrogens (primary N) is 1. The number of hydrogen-bond donors (Lipinski definition) is 1. The molecule has 4 heteroatoms. The molecule has 1 radical (unpaired) electrons. The Balaban J connectivity index is 2.38. The molecule has 0 spiro atoms. The van der Waals surface area contributed by atoms with E-state index in [0.717, 1.165) is 11.1 Å². The Morgan fingerprint density at radius 2 is 1.88 bits per heavy atom. The molecule has 0 aliphatic rings. The van der Waals surface area contributed by atoms with Crippen LogP contribution >= 0.6 is 0 Å². The van der Waals surface area contributed by atoms with Crippen molar-refractivity contribution < 1.29 is 4.92 Å². The van der Waals surface area contributed by atoms with Crippen molar-refractivity contribution in [2.45, 2.75) is 0 Å². The monoisotopic (exact) mass is 213 g/mol. The molecule has 0 saturated heterocycles. The summed E-state index contributed by atoms with van der Waals surface area (Å²) in [6.07, 6.45) is 0. The lowest BCUT2D eigenvalue weighted by Crippen LogP contribution is -1.88. The third-order valence-electron chi connectivity index (χ3n) is 2.21. The van der Waals surface area contributed by atoms with Crippen LogP contribution in [-0.4, -0.2) is 4.92 Å². The van der Waals surface area contributed by atoms with Gasteiger partial charge in [0.25, 0.3) is 5.69 Å². The first-order valence-electron chi connectivity index (χ1n) is 4.69. The van der Waals surface area contributed by atoms with E-state index in [2.05, 4.69) is 6.07 Å². The third kappa shape index (κ3) is 2.00. The van der Waals surface area contributed by atoms with Crippen molar-refractivity contribution in [1.29, 1.82) is 0 Å². The SMILES string of the molecule is Nc1cc[c]c(-c2ccc([N+](=O)[O-])cc2)c1. The fourth-order valence-corrected chi connectivity index (χ4v) is 1.41. The van der Waals surface area contributed by atoms with Gasteiger partial charge in [-0.25, -0.2) is 0 Å². The largest absolute Gasteiger partial charge is 0.399 e. The zero-order valence-corrected chi connectivity index (χ0v) is 8.38. The Hall–Kier alpha value is -2.36. The molecule has 0 aliphatic carbocycles. The first kappa shape index (κ1) is 10.2. The fraction of sp³-hybridized carbons (Fsp3) is 0. The molecule has 0 heterocycles. The van der Waals surface area contributed by atoms with Crippen LogP contribution in [-0.2, 0) is 0 Å². The molecule has 2 N–H and O–H groups in total. The predicted octanol–water partition coefficient (Wildman–Crippen LogP) is 2.64. The number of nitro groups is 1. The molecule has 0 aliphatic heterocycles. The van der Waals surface area contributed by atoms with Crippen LogP contribution in [0.3, 0.4) is 0 Å². The summed E-state index contributed by atoms with van der Waals surface area (Å²) < 4.78 is 0. The Morgan fingerprint density at radius 3 is 2.44 bits per heavy atom. The zero-order chi connectivity index (χ0) is 11.5. The number of rotatable bonds is 2. The number of benzene rings is 2. The minimum absolute atomic E-state index is 0.0765. The highest BCUT2D eigenvalue weighted by Gasteiger charge is 2.05. The standard InChI is InChI=1S/C12H9N2O2/c13-11-3-1-2-10(8-11)9-4-6-12(7-5-9)14(15)16/h1,3-8H,13H2. The Bertz CT molecular complexity index is 521. The highest BCUT2D eigenvalue weighted by Crippen LogP contribution is 2.23. The number of hydrogen-bond acceptors (Lipinski definition) is 3. The maximum atomic E-state index is 10.5. The molecular weight excluding hydrogens is 204 g/mol. The Labute approximate surface area is 92.5 Å². The lowest BCUT2D eigenvalue weighted by Gasteiger charge is -2.01. The smallest absolute Gasteiger partial charge is 0.269 e. The van der Waals surface area contributed by atoms with Crippen molar-refractivity contribution in [3.05, 3.63) is 58.6 Å². The normalized spacial score (nSPS) is 10.0. The van der Waals surface area contributed by atoms with Crippen molar-refractivity contribution in [3.63, 3.8) is 0 Å². The van der Waals surface area contributed by atoms with Crippen molar-refractivity contribution in [3.8, 4) is 11.1 Å². The van der Waals surface area contributed by atoms with Crippen LogP contribution in [0.5, 0.6) is 0 Å². The van der Waals surface area contributed by atoms with Gasteiger partial charge in [0.1, 0.15) is 0 Å². The molecule has 0 amide bonds. The van der Waals surface area contributed by atoms with E-state index in [4.69, 9.17) is 5.73 Å². The third-order valence-corrected chi connectivity index (χ3v) is 2.21. The maximum Gasteiger partial charge on any atom is 0.269 e. The van der Waals surface area contributed by atoms with Crippen molar-refractivity contribution in [1.82, 2.24) is 0 Å². The molecule has 2 rings (SSSR count). The van der Waals surface area contributed by atoms with Gasteiger partial charge >= 0.3 is 0 Å². The van der Waals surface area contributed by atoms with Gasteiger partial charge in [-0.15, -0.1) is 0 Å². The van der Waals surface area contributed by atoms with Gasteiger partial charge in [0.15, 0.2) is 0 Å². The molecule has 2 aromatic carbocycles. The summed E-state index contributed by atoms with van der Waals surface area (Å²) in [5.41, 5.74) is 8.06. The van der Waals surface area contributed by atoms with E-state index in [1.54, 1.807) is 30.3 Å². The van der Waals surface area contributed by atoms with Crippen molar-refractivity contribution in [2.75, 3.05) is 5.73 Å². The van der Waals surface area contributed by atoms with E-state index >= 15 is 0 Å². The van der Waals surface area contributed by atoms with E-state index in [-0.39, 0.29) is 5.69 Å². The summed E-state index contributed by atoms with van der Waals surface area (Å²) in [7, 11) is 0. The average molecular weight is 213 g/mol. The van der Waals surface area contributed by atoms with Crippen LogP contribution < -0.4 is 5.73 Å². The van der Waals surface area contributed by atoms with Gasteiger partial charge in [0.05, 0.1) is 4.92 Å². The quantitative estimate of drug-likeness (QED) is 0.473. The van der Waals surface area contributed by atoms with Gasteiger partial charge in [-0.05, 0) is 41.5 Å². The van der Waals surface area contributed by atoms with Crippen LogP contribution in [0.4, 0.5) is 11.4 Å². The van der Waals surface area contributed by atoms with E-state index in [1.165, 1.54) is 12.1 Å². The second kappa shape index (κ2) is 4.02. The first-order chi connectivity index (χ1) is 7.66. The molecule has 2 aromatic rings. The van der Waals surface area contributed by atoms with Crippen LogP contribution in [0.2, 0.25) is 0 Å². The van der Waals surface area contributed by atoms with Gasteiger partial charge in [0, 0.05) is 17.8 Å². The number of non-ortho nitro benzene ring substituents is 1. The fourth-order valence-electron chi connectivity index (χ4n) is 1.41. The lowest BCUT2D eigenvalue weighted by atomic mass is 10.1. The van der Waals surface area contributed by atoms with Crippen LogP contribution in [0.15, 0.2) is 42.5 Å². The summed E-state index contributed by atoms with van der Waals surface area (Å²) >= 11 is 0. The Kier molecular flexibility index (Phi) is 2.55. The molecule has 16 heavy (non-hydrogen) atoms. The molecule has 0 aromatic heterocycles. The molecule has 0 saturated carbocycles. The molecule has 0 fully saturated rings. The number of anilines is 1. The first-order valence-corrected chi connectivity index (χ1v) is 4.69. The highest BCUT2D eigenvalue weighted by molar-refractivity contribution is 5.67. The average Bonchev–Trinajstić information content (AvgIpc) is 2.29. The zero-order valence-electron chi connectivity index (χ0n) is 8.38. The van der Waals surface area contributed by atoms with E-state index < -0.39 is 4.92 Å². The second-order valence-electron chi connectivity index (χ2n) is 3.34. The molecule has 0 atom stereocenters. The summed E-state index contributed by atoms with van der Waals surface area (Å²) in [5, 5.41) is 10.5. The van der Waals surface area contributed by atoms with Gasteiger partial charge in [0.2, 0.25) is 0 Å². The van der Waals surface area contributed by atoms with Crippen LogP contribution in [0, 0.1) is 16.2 Å². The minimum atomic E-state index is -0.424. The van der Waals surface area contributed by atoms with Gasteiger partial charge < -0.3 is 5.73 Å². The molecule has 79 valence electrons. The summed E-state index contributed by atoms with van der Waals surface area (Å²) in [5.74, 6) is 0. The summed E-state index contributed by atoms with van der Waals surface area (Å²) in [4.78, 5) is 10.1. The van der Waals surface area contributed by atoms with Crippen LogP contribution in [0.25, 0.3) is 11.1 Å². The number of nitro benzene ring substituents is 1. The minimum Gasteiger partial charge on any atom is -0.399 e. The summed E-state index contributed by atoms with van der Waals surface area (Å²) in [6, 6.07) is 14.6. The molecule has 0 bridgehead atoms. The van der Waals surface area contributed by atoms with Crippen molar-refractivity contribution in [2.24, 2.45) is 0 Å². The van der Waals surface area contributed by atoms with E-state index in [0.29, 0.717) is 5.69 Å². The lowest BCUT2D eigenvalue weighted by molar-refractivity contribution is -0.384. The van der Waals surface area contributed by atoms with E-state index in [1.807, 2.05) is 0 Å².